The standard InChI is InChI=1S/C19H21N5O3/c1-11-9-24(17(25)14-15(20)22-10-23-16(14)27-11)13-5-3-12(4-6-13)19(18(21)26)7-2-8-19/h3-6,10-11H,2,7-9H2,1H3,(H2,21,26)(H2,20,22,23). The van der Waals surface area contributed by atoms with Gasteiger partial charge in [-0.1, -0.05) is 18.6 Å². The number of rotatable bonds is 3. The normalized spacial score (nSPS) is 20.9. The van der Waals surface area contributed by atoms with Crippen LogP contribution in [0.4, 0.5) is 11.5 Å². The van der Waals surface area contributed by atoms with Crippen LogP contribution >= 0.6 is 0 Å². The second kappa shape index (κ2) is 6.22. The number of nitrogens with zero attached hydrogens (tertiary/aromatic N) is 3. The first-order valence-electron chi connectivity index (χ1n) is 8.92. The Balaban J connectivity index is 1.70. The van der Waals surface area contributed by atoms with Crippen LogP contribution in [0.25, 0.3) is 0 Å². The fraction of sp³-hybridized carbons (Fsp3) is 0.368. The fourth-order valence-corrected chi connectivity index (χ4v) is 3.77. The highest BCUT2D eigenvalue weighted by atomic mass is 16.5. The quantitative estimate of drug-likeness (QED) is 0.845. The van der Waals surface area contributed by atoms with Crippen molar-refractivity contribution in [2.75, 3.05) is 17.2 Å². The van der Waals surface area contributed by atoms with E-state index in [0.717, 1.165) is 24.8 Å². The summed E-state index contributed by atoms with van der Waals surface area (Å²) in [7, 11) is 0. The number of hydrogen-bond acceptors (Lipinski definition) is 6. The Morgan fingerprint density at radius 3 is 2.56 bits per heavy atom. The van der Waals surface area contributed by atoms with Gasteiger partial charge in [0, 0.05) is 5.69 Å². The molecule has 1 aliphatic heterocycles. The topological polar surface area (TPSA) is 124 Å². The van der Waals surface area contributed by atoms with Gasteiger partial charge in [0.25, 0.3) is 5.91 Å². The van der Waals surface area contributed by atoms with E-state index in [0.29, 0.717) is 12.2 Å². The summed E-state index contributed by atoms with van der Waals surface area (Å²) in [5.74, 6) is -0.328. The molecule has 2 heterocycles. The van der Waals surface area contributed by atoms with Crippen molar-refractivity contribution >= 4 is 23.3 Å². The van der Waals surface area contributed by atoms with E-state index in [1.165, 1.54) is 6.33 Å². The number of amides is 2. The van der Waals surface area contributed by atoms with Gasteiger partial charge in [0.05, 0.1) is 12.0 Å². The van der Waals surface area contributed by atoms with Crippen LogP contribution in [0.15, 0.2) is 30.6 Å². The highest BCUT2D eigenvalue weighted by Crippen LogP contribution is 2.44. The average molecular weight is 367 g/mol. The van der Waals surface area contributed by atoms with Crippen molar-refractivity contribution in [3.8, 4) is 5.88 Å². The third kappa shape index (κ3) is 2.68. The van der Waals surface area contributed by atoms with E-state index in [2.05, 4.69) is 9.97 Å². The zero-order chi connectivity index (χ0) is 19.2. The smallest absolute Gasteiger partial charge is 0.267 e. The molecule has 27 heavy (non-hydrogen) atoms. The molecule has 2 amide bonds. The number of carbonyl (C=O) groups is 2. The molecule has 8 nitrogen and oxygen atoms in total. The molecule has 2 aliphatic rings. The van der Waals surface area contributed by atoms with Crippen molar-refractivity contribution in [1.82, 2.24) is 9.97 Å². The van der Waals surface area contributed by atoms with E-state index in [-0.39, 0.29) is 35.2 Å². The van der Waals surface area contributed by atoms with E-state index in [1.54, 1.807) is 4.90 Å². The summed E-state index contributed by atoms with van der Waals surface area (Å²) < 4.78 is 5.74. The van der Waals surface area contributed by atoms with Gasteiger partial charge >= 0.3 is 0 Å². The molecule has 0 radical (unpaired) electrons. The number of benzene rings is 1. The molecular formula is C19H21N5O3. The van der Waals surface area contributed by atoms with Crippen molar-refractivity contribution in [2.45, 2.75) is 37.7 Å². The number of nitrogens with two attached hydrogens (primary N) is 2. The fourth-order valence-electron chi connectivity index (χ4n) is 3.77. The van der Waals surface area contributed by atoms with Crippen LogP contribution in [0.2, 0.25) is 0 Å². The third-order valence-corrected chi connectivity index (χ3v) is 5.46. The summed E-state index contributed by atoms with van der Waals surface area (Å²) in [6, 6.07) is 7.39. The Morgan fingerprint density at radius 2 is 1.96 bits per heavy atom. The van der Waals surface area contributed by atoms with Gasteiger partial charge in [-0.2, -0.15) is 0 Å². The maximum Gasteiger partial charge on any atom is 0.267 e. The lowest BCUT2D eigenvalue weighted by Gasteiger charge is -2.39. The van der Waals surface area contributed by atoms with Crippen LogP contribution in [-0.4, -0.2) is 34.4 Å². The molecule has 0 bridgehead atoms. The van der Waals surface area contributed by atoms with Crippen LogP contribution < -0.4 is 21.1 Å². The lowest BCUT2D eigenvalue weighted by atomic mass is 9.64. The van der Waals surface area contributed by atoms with Crippen molar-refractivity contribution in [3.63, 3.8) is 0 Å². The summed E-state index contributed by atoms with van der Waals surface area (Å²) in [6.45, 7) is 2.20. The zero-order valence-electron chi connectivity index (χ0n) is 15.0. The van der Waals surface area contributed by atoms with Crippen LogP contribution in [0, 0.1) is 0 Å². The number of aromatic nitrogens is 2. The second-order valence-corrected chi connectivity index (χ2v) is 7.13. The molecule has 8 heteroatoms. The minimum atomic E-state index is -0.581. The Hall–Kier alpha value is -3.16. The Kier molecular flexibility index (Phi) is 3.98. The monoisotopic (exact) mass is 367 g/mol. The highest BCUT2D eigenvalue weighted by molar-refractivity contribution is 6.10. The molecule has 1 fully saturated rings. The number of anilines is 2. The van der Waals surface area contributed by atoms with Crippen molar-refractivity contribution < 1.29 is 14.3 Å². The zero-order valence-corrected chi connectivity index (χ0v) is 15.0. The Morgan fingerprint density at radius 1 is 1.26 bits per heavy atom. The second-order valence-electron chi connectivity index (χ2n) is 7.13. The molecular weight excluding hydrogens is 346 g/mol. The van der Waals surface area contributed by atoms with Crippen molar-refractivity contribution in [2.24, 2.45) is 5.73 Å². The number of primary amides is 1. The molecule has 4 N–H and O–H groups in total. The lowest BCUT2D eigenvalue weighted by molar-refractivity contribution is -0.126. The van der Waals surface area contributed by atoms with Crippen LogP contribution in [0.1, 0.15) is 42.1 Å². The molecule has 0 saturated heterocycles. The first-order chi connectivity index (χ1) is 12.9. The highest BCUT2D eigenvalue weighted by Gasteiger charge is 2.44. The maximum absolute atomic E-state index is 13.1. The number of carbonyl (C=O) groups excluding carboxylic acids is 2. The van der Waals surface area contributed by atoms with E-state index in [9.17, 15) is 9.59 Å². The van der Waals surface area contributed by atoms with Crippen LogP contribution in [0.3, 0.4) is 0 Å². The number of ether oxygens (including phenoxy) is 1. The summed E-state index contributed by atoms with van der Waals surface area (Å²) >= 11 is 0. The molecule has 2 aromatic rings. The van der Waals surface area contributed by atoms with Gasteiger partial charge in [-0.05, 0) is 37.5 Å². The first-order valence-corrected chi connectivity index (χ1v) is 8.92. The van der Waals surface area contributed by atoms with E-state index in [1.807, 2.05) is 31.2 Å². The van der Waals surface area contributed by atoms with Crippen LogP contribution in [-0.2, 0) is 10.2 Å². The van der Waals surface area contributed by atoms with Crippen LogP contribution in [0.5, 0.6) is 5.88 Å². The predicted molar refractivity (Wildman–Crippen MR) is 99.4 cm³/mol. The van der Waals surface area contributed by atoms with Gasteiger partial charge in [-0.3, -0.25) is 9.59 Å². The summed E-state index contributed by atoms with van der Waals surface area (Å²) in [4.78, 5) is 34.5. The summed E-state index contributed by atoms with van der Waals surface area (Å²) in [6.07, 6.45) is 3.51. The van der Waals surface area contributed by atoms with Gasteiger partial charge in [-0.25, -0.2) is 9.97 Å². The first kappa shape index (κ1) is 17.3. The maximum atomic E-state index is 13.1. The molecule has 1 aromatic carbocycles. The minimum Gasteiger partial charge on any atom is -0.472 e. The molecule has 1 saturated carbocycles. The average Bonchev–Trinajstić information content (AvgIpc) is 2.71. The van der Waals surface area contributed by atoms with E-state index >= 15 is 0 Å². The van der Waals surface area contributed by atoms with Crippen molar-refractivity contribution in [3.05, 3.63) is 41.7 Å². The molecule has 140 valence electrons. The molecule has 0 spiro atoms. The molecule has 1 unspecified atom stereocenters. The SMILES string of the molecule is CC1CN(c2ccc(C3(C(N)=O)CCC3)cc2)C(=O)c2c(N)ncnc2O1. The molecule has 1 aliphatic carbocycles. The Labute approximate surface area is 156 Å². The largest absolute Gasteiger partial charge is 0.472 e. The van der Waals surface area contributed by atoms with E-state index in [4.69, 9.17) is 16.2 Å². The van der Waals surface area contributed by atoms with Gasteiger partial charge < -0.3 is 21.1 Å². The summed E-state index contributed by atoms with van der Waals surface area (Å²) in [5, 5.41) is 0. The van der Waals surface area contributed by atoms with Gasteiger partial charge in [0.1, 0.15) is 23.8 Å². The number of nitrogen functional groups attached to an aromatic ring is 1. The van der Waals surface area contributed by atoms with E-state index < -0.39 is 5.41 Å². The molecule has 4 rings (SSSR count). The predicted octanol–water partition coefficient (Wildman–Crippen LogP) is 1.39. The third-order valence-electron chi connectivity index (χ3n) is 5.46. The minimum absolute atomic E-state index is 0.0860. The summed E-state index contributed by atoms with van der Waals surface area (Å²) in [5.41, 5.74) is 12.7. The lowest BCUT2D eigenvalue weighted by Crippen LogP contribution is -2.46. The number of fused-ring (bicyclic) bond motifs is 1. The van der Waals surface area contributed by atoms with Gasteiger partial charge in [0.15, 0.2) is 0 Å². The Bertz CT molecular complexity index is 908. The van der Waals surface area contributed by atoms with Gasteiger partial charge in [-0.15, -0.1) is 0 Å². The van der Waals surface area contributed by atoms with Gasteiger partial charge in [0.2, 0.25) is 11.8 Å². The van der Waals surface area contributed by atoms with Crippen molar-refractivity contribution in [1.29, 1.82) is 0 Å². The molecule has 1 aromatic heterocycles. The molecule has 1 atom stereocenters. The number of hydrogen-bond donors (Lipinski definition) is 2.